The fourth-order valence-electron chi connectivity index (χ4n) is 4.80. The van der Waals surface area contributed by atoms with Gasteiger partial charge < -0.3 is 25.2 Å². The number of hydrogen-bond donors (Lipinski definition) is 3. The number of aliphatic carboxylic acids is 1. The van der Waals surface area contributed by atoms with Crippen LogP contribution in [0.1, 0.15) is 43.2 Å². The van der Waals surface area contributed by atoms with Crippen LogP contribution in [0.4, 0.5) is 4.79 Å². The van der Waals surface area contributed by atoms with Gasteiger partial charge in [-0.2, -0.15) is 0 Å². The molecule has 0 saturated heterocycles. The fraction of sp³-hybridized carbons (Fsp3) is 0.423. The minimum atomic E-state index is -0.972. The number of carboxylic acids is 1. The highest BCUT2D eigenvalue weighted by molar-refractivity contribution is 5.83. The third-order valence-electron chi connectivity index (χ3n) is 6.76. The third kappa shape index (κ3) is 5.07. The van der Waals surface area contributed by atoms with Crippen LogP contribution in [-0.4, -0.2) is 55.0 Å². The van der Waals surface area contributed by atoms with Crippen LogP contribution in [0.2, 0.25) is 0 Å². The Morgan fingerprint density at radius 3 is 2.18 bits per heavy atom. The molecule has 0 heterocycles. The van der Waals surface area contributed by atoms with Gasteiger partial charge in [0.15, 0.2) is 6.10 Å². The summed E-state index contributed by atoms with van der Waals surface area (Å²) in [6.45, 7) is 1.82. The highest BCUT2D eigenvalue weighted by Gasteiger charge is 2.45. The summed E-state index contributed by atoms with van der Waals surface area (Å²) in [7, 11) is 1.37. The second-order valence-corrected chi connectivity index (χ2v) is 9.18. The molecule has 8 heteroatoms. The minimum Gasteiger partial charge on any atom is -0.481 e. The summed E-state index contributed by atoms with van der Waals surface area (Å²) >= 11 is 0. The van der Waals surface area contributed by atoms with Crippen molar-refractivity contribution in [2.75, 3.05) is 20.3 Å². The number of carbonyl (C=O) groups is 3. The summed E-state index contributed by atoms with van der Waals surface area (Å²) in [6, 6.07) is 16.1. The SMILES string of the molecule is COC(CNC(=O)OCC1c2ccccc2-c2ccccc21)C(=O)NC(C)(CC(=O)O)C1CC1. The number of rotatable bonds is 10. The number of nitrogens with one attached hydrogen (secondary N) is 2. The lowest BCUT2D eigenvalue weighted by molar-refractivity contribution is -0.140. The molecular formula is C26H30N2O6. The van der Waals surface area contributed by atoms with Crippen molar-refractivity contribution in [2.45, 2.75) is 43.7 Å². The Kier molecular flexibility index (Phi) is 6.88. The molecule has 4 rings (SSSR count). The number of hydrogen-bond acceptors (Lipinski definition) is 5. The maximum atomic E-state index is 12.7. The molecule has 1 fully saturated rings. The highest BCUT2D eigenvalue weighted by atomic mass is 16.5. The lowest BCUT2D eigenvalue weighted by Crippen LogP contribution is -2.54. The van der Waals surface area contributed by atoms with Crippen LogP contribution in [0.5, 0.6) is 0 Å². The molecule has 2 aliphatic carbocycles. The number of methoxy groups -OCH3 is 1. The average molecular weight is 467 g/mol. The number of amides is 2. The topological polar surface area (TPSA) is 114 Å². The van der Waals surface area contributed by atoms with Gasteiger partial charge in [0.05, 0.1) is 18.5 Å². The van der Waals surface area contributed by atoms with Crippen molar-refractivity contribution in [3.63, 3.8) is 0 Å². The molecule has 8 nitrogen and oxygen atoms in total. The lowest BCUT2D eigenvalue weighted by Gasteiger charge is -2.31. The normalized spacial score (nSPS) is 17.1. The van der Waals surface area contributed by atoms with Gasteiger partial charge in [0.2, 0.25) is 0 Å². The molecule has 2 amide bonds. The van der Waals surface area contributed by atoms with E-state index in [-0.39, 0.29) is 31.4 Å². The Morgan fingerprint density at radius 1 is 1.06 bits per heavy atom. The van der Waals surface area contributed by atoms with E-state index in [9.17, 15) is 19.5 Å². The van der Waals surface area contributed by atoms with Crippen molar-refractivity contribution >= 4 is 18.0 Å². The Balaban J connectivity index is 1.32. The molecular weight excluding hydrogens is 436 g/mol. The molecule has 34 heavy (non-hydrogen) atoms. The molecule has 2 unspecified atom stereocenters. The van der Waals surface area contributed by atoms with Gasteiger partial charge in [0.1, 0.15) is 6.61 Å². The van der Waals surface area contributed by atoms with E-state index in [0.29, 0.717) is 0 Å². The van der Waals surface area contributed by atoms with Gasteiger partial charge >= 0.3 is 12.1 Å². The van der Waals surface area contributed by atoms with Crippen molar-refractivity contribution in [1.29, 1.82) is 0 Å². The van der Waals surface area contributed by atoms with E-state index in [0.717, 1.165) is 35.1 Å². The molecule has 0 radical (unpaired) electrons. The van der Waals surface area contributed by atoms with Gasteiger partial charge in [0, 0.05) is 13.0 Å². The van der Waals surface area contributed by atoms with E-state index in [1.807, 2.05) is 36.4 Å². The van der Waals surface area contributed by atoms with Gasteiger partial charge in [-0.05, 0) is 47.9 Å². The van der Waals surface area contributed by atoms with E-state index < -0.39 is 29.6 Å². The van der Waals surface area contributed by atoms with Gasteiger partial charge in [-0.15, -0.1) is 0 Å². The molecule has 3 N–H and O–H groups in total. The summed E-state index contributed by atoms with van der Waals surface area (Å²) in [5, 5.41) is 14.6. The van der Waals surface area contributed by atoms with Gasteiger partial charge in [-0.25, -0.2) is 4.79 Å². The fourth-order valence-corrected chi connectivity index (χ4v) is 4.80. The molecule has 0 aliphatic heterocycles. The summed E-state index contributed by atoms with van der Waals surface area (Å²) < 4.78 is 10.8. The van der Waals surface area contributed by atoms with Crippen LogP contribution >= 0.6 is 0 Å². The van der Waals surface area contributed by atoms with E-state index in [2.05, 4.69) is 22.8 Å². The smallest absolute Gasteiger partial charge is 0.407 e. The van der Waals surface area contributed by atoms with Crippen molar-refractivity contribution in [3.8, 4) is 11.1 Å². The molecule has 2 aromatic carbocycles. The summed E-state index contributed by atoms with van der Waals surface area (Å²) in [5.74, 6) is -1.37. The summed E-state index contributed by atoms with van der Waals surface area (Å²) in [6.07, 6.45) is -0.0291. The number of carboxylic acid groups (broad SMARTS) is 1. The highest BCUT2D eigenvalue weighted by Crippen LogP contribution is 2.44. The Hall–Kier alpha value is -3.39. The lowest BCUT2D eigenvalue weighted by atomic mass is 9.91. The van der Waals surface area contributed by atoms with E-state index >= 15 is 0 Å². The van der Waals surface area contributed by atoms with Gasteiger partial charge in [-0.3, -0.25) is 9.59 Å². The van der Waals surface area contributed by atoms with Crippen LogP contribution < -0.4 is 10.6 Å². The van der Waals surface area contributed by atoms with Crippen LogP contribution in [0, 0.1) is 5.92 Å². The average Bonchev–Trinajstić information content (AvgIpc) is 3.62. The molecule has 1 saturated carbocycles. The standard InChI is InChI=1S/C26H30N2O6/c1-26(13-23(29)30,16-11-12-16)28-24(31)22(33-2)14-27-25(32)34-15-21-19-9-5-3-7-17(19)18-8-4-6-10-20(18)21/h3-10,16,21-22H,11-15H2,1-2H3,(H,27,32)(H,28,31)(H,29,30). The predicted octanol–water partition coefficient (Wildman–Crippen LogP) is 3.30. The molecule has 2 aromatic rings. The minimum absolute atomic E-state index is 0.0602. The second-order valence-electron chi connectivity index (χ2n) is 9.18. The number of ether oxygens (including phenoxy) is 2. The largest absolute Gasteiger partial charge is 0.481 e. The first-order valence-corrected chi connectivity index (χ1v) is 11.5. The quantitative estimate of drug-likeness (QED) is 0.495. The zero-order chi connectivity index (χ0) is 24.3. The van der Waals surface area contributed by atoms with Crippen molar-refractivity contribution in [3.05, 3.63) is 59.7 Å². The first-order valence-electron chi connectivity index (χ1n) is 11.5. The molecule has 0 bridgehead atoms. The Labute approximate surface area is 198 Å². The van der Waals surface area contributed by atoms with E-state index in [4.69, 9.17) is 9.47 Å². The number of benzene rings is 2. The molecule has 2 aliphatic rings. The van der Waals surface area contributed by atoms with E-state index in [1.165, 1.54) is 7.11 Å². The molecule has 0 aromatic heterocycles. The number of carbonyl (C=O) groups excluding carboxylic acids is 2. The molecule has 2 atom stereocenters. The van der Waals surface area contributed by atoms with Gasteiger partial charge in [0.25, 0.3) is 5.91 Å². The second kappa shape index (κ2) is 9.85. The zero-order valence-corrected chi connectivity index (χ0v) is 19.4. The Bertz CT molecular complexity index is 1040. The van der Waals surface area contributed by atoms with E-state index in [1.54, 1.807) is 6.92 Å². The third-order valence-corrected chi connectivity index (χ3v) is 6.76. The first-order chi connectivity index (χ1) is 16.3. The van der Waals surface area contributed by atoms with Gasteiger partial charge in [-0.1, -0.05) is 48.5 Å². The molecule has 180 valence electrons. The zero-order valence-electron chi connectivity index (χ0n) is 19.4. The van der Waals surface area contributed by atoms with Crippen molar-refractivity contribution < 1.29 is 29.0 Å². The molecule has 0 spiro atoms. The monoisotopic (exact) mass is 466 g/mol. The van der Waals surface area contributed by atoms with Crippen LogP contribution in [-0.2, 0) is 19.1 Å². The van der Waals surface area contributed by atoms with Crippen LogP contribution in [0.15, 0.2) is 48.5 Å². The van der Waals surface area contributed by atoms with Crippen LogP contribution in [0.25, 0.3) is 11.1 Å². The van der Waals surface area contributed by atoms with Crippen molar-refractivity contribution in [2.24, 2.45) is 5.92 Å². The van der Waals surface area contributed by atoms with Crippen molar-refractivity contribution in [1.82, 2.24) is 10.6 Å². The summed E-state index contributed by atoms with van der Waals surface area (Å²) in [5.41, 5.74) is 3.67. The Morgan fingerprint density at radius 2 is 1.65 bits per heavy atom. The number of alkyl carbamates (subject to hydrolysis) is 1. The first kappa shape index (κ1) is 23.8. The maximum absolute atomic E-state index is 12.7. The number of fused-ring (bicyclic) bond motifs is 3. The van der Waals surface area contributed by atoms with Crippen LogP contribution in [0.3, 0.4) is 0 Å². The summed E-state index contributed by atoms with van der Waals surface area (Å²) in [4.78, 5) is 36.4. The predicted molar refractivity (Wildman–Crippen MR) is 125 cm³/mol. The maximum Gasteiger partial charge on any atom is 0.407 e.